The van der Waals surface area contributed by atoms with Crippen LogP contribution in [0.2, 0.25) is 0 Å². The van der Waals surface area contributed by atoms with Crippen LogP contribution in [0.5, 0.6) is 5.75 Å². The predicted molar refractivity (Wildman–Crippen MR) is 61.2 cm³/mol. The molecule has 0 unspecified atom stereocenters. The fourth-order valence-electron chi connectivity index (χ4n) is 1.20. The van der Waals surface area contributed by atoms with Gasteiger partial charge in [0.05, 0.1) is 0 Å². The van der Waals surface area contributed by atoms with E-state index in [0.717, 1.165) is 9.79 Å². The number of pyridine rings is 1. The molecule has 4 heteroatoms. The highest BCUT2D eigenvalue weighted by Gasteiger charge is 2.04. The van der Waals surface area contributed by atoms with Gasteiger partial charge in [-0.05, 0) is 36.4 Å². The zero-order chi connectivity index (χ0) is 11.4. The highest BCUT2D eigenvalue weighted by molar-refractivity contribution is 7.99. The third-order valence-corrected chi connectivity index (χ3v) is 3.00. The number of rotatable bonds is 2. The Hall–Kier alpha value is -1.99. The molecule has 0 atom stereocenters. The molecule has 0 fully saturated rings. The number of hydrogen-bond donors (Lipinski definition) is 1. The van der Waals surface area contributed by atoms with Gasteiger partial charge in [0, 0.05) is 16.0 Å². The quantitative estimate of drug-likeness (QED) is 0.858. The Kier molecular flexibility index (Phi) is 3.08. The minimum Gasteiger partial charge on any atom is -0.508 e. The van der Waals surface area contributed by atoms with Crippen molar-refractivity contribution in [3.8, 4) is 11.8 Å². The molecule has 1 aromatic carbocycles. The molecule has 78 valence electrons. The zero-order valence-corrected chi connectivity index (χ0v) is 9.11. The molecule has 1 aromatic heterocycles. The van der Waals surface area contributed by atoms with E-state index in [2.05, 4.69) is 4.98 Å². The van der Waals surface area contributed by atoms with Crippen molar-refractivity contribution in [3.63, 3.8) is 0 Å². The normalized spacial score (nSPS) is 9.69. The van der Waals surface area contributed by atoms with E-state index in [1.807, 2.05) is 12.1 Å². The fourth-order valence-corrected chi connectivity index (χ4v) is 2.07. The van der Waals surface area contributed by atoms with E-state index < -0.39 is 0 Å². The number of phenols is 1. The van der Waals surface area contributed by atoms with Gasteiger partial charge in [-0.2, -0.15) is 5.26 Å². The Bertz CT molecular complexity index is 531. The first-order chi connectivity index (χ1) is 7.79. The van der Waals surface area contributed by atoms with Gasteiger partial charge in [0.1, 0.15) is 11.8 Å². The van der Waals surface area contributed by atoms with Crippen LogP contribution < -0.4 is 0 Å². The lowest BCUT2D eigenvalue weighted by Crippen LogP contribution is -1.84. The Morgan fingerprint density at radius 3 is 2.62 bits per heavy atom. The maximum absolute atomic E-state index is 9.15. The Morgan fingerprint density at radius 2 is 1.94 bits per heavy atom. The van der Waals surface area contributed by atoms with E-state index in [-0.39, 0.29) is 5.75 Å². The number of nitrogens with zero attached hydrogens (tertiary/aromatic N) is 2. The molecule has 1 heterocycles. The number of aromatic hydroxyl groups is 1. The summed E-state index contributed by atoms with van der Waals surface area (Å²) in [6.45, 7) is 0. The highest BCUT2D eigenvalue weighted by Crippen LogP contribution is 2.29. The van der Waals surface area contributed by atoms with E-state index in [4.69, 9.17) is 10.4 Å². The monoisotopic (exact) mass is 228 g/mol. The van der Waals surface area contributed by atoms with Crippen molar-refractivity contribution in [2.75, 3.05) is 0 Å². The molecule has 0 saturated heterocycles. The largest absolute Gasteiger partial charge is 0.508 e. The minimum absolute atomic E-state index is 0.232. The van der Waals surface area contributed by atoms with Gasteiger partial charge in [0.15, 0.2) is 5.69 Å². The van der Waals surface area contributed by atoms with Crippen LogP contribution in [0.1, 0.15) is 5.69 Å². The van der Waals surface area contributed by atoms with Crippen molar-refractivity contribution in [1.29, 1.82) is 5.26 Å². The van der Waals surface area contributed by atoms with Gasteiger partial charge in [-0.1, -0.05) is 11.8 Å². The molecule has 0 bridgehead atoms. The van der Waals surface area contributed by atoms with Crippen LogP contribution in [-0.2, 0) is 0 Å². The Labute approximate surface area is 97.4 Å². The summed E-state index contributed by atoms with van der Waals surface area (Å²) < 4.78 is 0. The van der Waals surface area contributed by atoms with Crippen LogP contribution in [0.25, 0.3) is 0 Å². The molecule has 0 aliphatic carbocycles. The molecule has 3 nitrogen and oxygen atoms in total. The molecule has 0 spiro atoms. The third kappa shape index (κ3) is 2.33. The van der Waals surface area contributed by atoms with Gasteiger partial charge in [-0.15, -0.1) is 0 Å². The summed E-state index contributed by atoms with van der Waals surface area (Å²) in [5.41, 5.74) is 0.417. The maximum atomic E-state index is 9.15. The van der Waals surface area contributed by atoms with Gasteiger partial charge in [-0.3, -0.25) is 0 Å². The summed E-state index contributed by atoms with van der Waals surface area (Å²) in [6.07, 6.45) is 1.60. The first-order valence-electron chi connectivity index (χ1n) is 4.61. The molecular weight excluding hydrogens is 220 g/mol. The van der Waals surface area contributed by atoms with E-state index in [9.17, 15) is 0 Å². The highest BCUT2D eigenvalue weighted by atomic mass is 32.2. The topological polar surface area (TPSA) is 56.9 Å². The molecule has 0 amide bonds. The van der Waals surface area contributed by atoms with Gasteiger partial charge in [-0.25, -0.2) is 4.98 Å². The van der Waals surface area contributed by atoms with Gasteiger partial charge < -0.3 is 5.11 Å². The van der Waals surface area contributed by atoms with Crippen molar-refractivity contribution in [2.45, 2.75) is 9.79 Å². The summed E-state index contributed by atoms with van der Waals surface area (Å²) in [7, 11) is 0. The summed E-state index contributed by atoms with van der Waals surface area (Å²) in [4.78, 5) is 5.76. The molecular formula is C12H8N2OS. The lowest BCUT2D eigenvalue weighted by Gasteiger charge is -2.02. The molecule has 2 rings (SSSR count). The van der Waals surface area contributed by atoms with Crippen molar-refractivity contribution in [3.05, 3.63) is 48.3 Å². The summed E-state index contributed by atoms with van der Waals surface area (Å²) in [5.74, 6) is 0.232. The number of phenolic OH excluding ortho intramolecular Hbond substituents is 1. The zero-order valence-electron chi connectivity index (χ0n) is 8.29. The average molecular weight is 228 g/mol. The second-order valence-electron chi connectivity index (χ2n) is 3.06. The average Bonchev–Trinajstić information content (AvgIpc) is 2.33. The van der Waals surface area contributed by atoms with E-state index >= 15 is 0 Å². The molecule has 2 aromatic rings. The van der Waals surface area contributed by atoms with Crippen molar-refractivity contribution >= 4 is 11.8 Å². The molecule has 16 heavy (non-hydrogen) atoms. The molecule has 0 radical (unpaired) electrons. The van der Waals surface area contributed by atoms with Gasteiger partial charge in [0.2, 0.25) is 0 Å². The minimum atomic E-state index is 0.232. The van der Waals surface area contributed by atoms with Crippen molar-refractivity contribution < 1.29 is 5.11 Å². The van der Waals surface area contributed by atoms with Crippen LogP contribution in [0, 0.1) is 11.3 Å². The SMILES string of the molecule is N#Cc1ncccc1Sc1ccc(O)cc1. The van der Waals surface area contributed by atoms with Crippen LogP contribution in [-0.4, -0.2) is 10.1 Å². The summed E-state index contributed by atoms with van der Waals surface area (Å²) >= 11 is 1.45. The molecule has 1 N–H and O–H groups in total. The first-order valence-corrected chi connectivity index (χ1v) is 5.43. The van der Waals surface area contributed by atoms with Gasteiger partial charge in [0.25, 0.3) is 0 Å². The first kappa shape index (κ1) is 10.5. The van der Waals surface area contributed by atoms with E-state index in [0.29, 0.717) is 5.69 Å². The summed E-state index contributed by atoms with van der Waals surface area (Å²) in [5, 5.41) is 18.0. The predicted octanol–water partition coefficient (Wildman–Crippen LogP) is 2.81. The second-order valence-corrected chi connectivity index (χ2v) is 4.17. The molecule has 0 aliphatic heterocycles. The van der Waals surface area contributed by atoms with Crippen LogP contribution >= 0.6 is 11.8 Å². The number of benzene rings is 1. The Morgan fingerprint density at radius 1 is 1.19 bits per heavy atom. The third-order valence-electron chi connectivity index (χ3n) is 1.94. The van der Waals surface area contributed by atoms with Gasteiger partial charge >= 0.3 is 0 Å². The fraction of sp³-hybridized carbons (Fsp3) is 0. The van der Waals surface area contributed by atoms with Crippen molar-refractivity contribution in [2.24, 2.45) is 0 Å². The lowest BCUT2D eigenvalue weighted by atomic mass is 10.3. The standard InChI is InChI=1S/C12H8N2OS/c13-8-11-12(2-1-7-14-11)16-10-5-3-9(15)4-6-10/h1-7,15H. The van der Waals surface area contributed by atoms with Crippen LogP contribution in [0.15, 0.2) is 52.4 Å². The van der Waals surface area contributed by atoms with Crippen LogP contribution in [0.3, 0.4) is 0 Å². The second kappa shape index (κ2) is 4.69. The molecule has 0 saturated carbocycles. The van der Waals surface area contributed by atoms with E-state index in [1.165, 1.54) is 11.8 Å². The number of aromatic nitrogens is 1. The van der Waals surface area contributed by atoms with Crippen molar-refractivity contribution in [1.82, 2.24) is 4.98 Å². The van der Waals surface area contributed by atoms with Crippen LogP contribution in [0.4, 0.5) is 0 Å². The lowest BCUT2D eigenvalue weighted by molar-refractivity contribution is 0.475. The Balaban J connectivity index is 2.27. The number of nitriles is 1. The maximum Gasteiger partial charge on any atom is 0.154 e. The van der Waals surface area contributed by atoms with E-state index in [1.54, 1.807) is 36.5 Å². The smallest absolute Gasteiger partial charge is 0.154 e. The molecule has 0 aliphatic rings. The number of hydrogen-bond acceptors (Lipinski definition) is 4. The summed E-state index contributed by atoms with van der Waals surface area (Å²) in [6, 6.07) is 12.5.